The molecule has 0 amide bonds. The number of anilines is 2. The summed E-state index contributed by atoms with van der Waals surface area (Å²) in [7, 11) is -0.650. The van der Waals surface area contributed by atoms with Crippen molar-refractivity contribution < 1.29 is 8.42 Å². The third-order valence-corrected chi connectivity index (χ3v) is 6.36. The van der Waals surface area contributed by atoms with Crippen LogP contribution in [0, 0.1) is 0 Å². The normalized spacial score (nSPS) is 15.5. The summed E-state index contributed by atoms with van der Waals surface area (Å²) in [6.07, 6.45) is 3.67. The van der Waals surface area contributed by atoms with E-state index >= 15 is 0 Å². The van der Waals surface area contributed by atoms with Crippen LogP contribution < -0.4 is 10.6 Å². The first-order chi connectivity index (χ1) is 9.91. The minimum absolute atomic E-state index is 0.0533. The largest absolute Gasteiger partial charge is 0.382 e. The number of aromatic nitrogens is 3. The molecule has 10 heteroatoms. The molecule has 21 heavy (non-hydrogen) atoms. The van der Waals surface area contributed by atoms with E-state index in [9.17, 15) is 8.42 Å². The van der Waals surface area contributed by atoms with Gasteiger partial charge in [-0.05, 0) is 11.5 Å². The number of nitrogens with two attached hydrogens (primary N) is 1. The van der Waals surface area contributed by atoms with Gasteiger partial charge in [-0.3, -0.25) is 0 Å². The molecule has 2 aromatic rings. The smallest absolute Gasteiger partial charge is 0.249 e. The topological polar surface area (TPSA) is 97.4 Å². The number of hydrogen-bond donors (Lipinski definition) is 1. The van der Waals surface area contributed by atoms with Crippen molar-refractivity contribution in [2.24, 2.45) is 0 Å². The molecule has 8 nitrogen and oxygen atoms in total. The van der Waals surface area contributed by atoms with E-state index in [0.29, 0.717) is 18.1 Å². The summed E-state index contributed by atoms with van der Waals surface area (Å²) in [4.78, 5) is 6.34. The molecule has 3 heterocycles. The molecule has 0 radical (unpaired) electrons. The Balaban J connectivity index is 2.02. The Morgan fingerprint density at radius 1 is 1.38 bits per heavy atom. The van der Waals surface area contributed by atoms with Gasteiger partial charge in [0.05, 0.1) is 6.54 Å². The van der Waals surface area contributed by atoms with Gasteiger partial charge in [0.2, 0.25) is 10.0 Å². The summed E-state index contributed by atoms with van der Waals surface area (Å²) in [5.41, 5.74) is 5.79. The van der Waals surface area contributed by atoms with Crippen molar-refractivity contribution in [3.8, 4) is 0 Å². The van der Waals surface area contributed by atoms with Crippen LogP contribution in [0.4, 0.5) is 10.8 Å². The molecule has 0 spiro atoms. The Morgan fingerprint density at radius 2 is 2.14 bits per heavy atom. The second-order valence-corrected chi connectivity index (χ2v) is 7.79. The molecule has 3 rings (SSSR count). The molecular formula is C11H16N6O2S2. The van der Waals surface area contributed by atoms with Crippen molar-refractivity contribution in [3.05, 3.63) is 18.2 Å². The number of sulfonamides is 1. The van der Waals surface area contributed by atoms with E-state index in [1.54, 1.807) is 6.20 Å². The Bertz CT molecular complexity index is 764. The first-order valence-corrected chi connectivity index (χ1v) is 8.55. The maximum absolute atomic E-state index is 12.4. The van der Waals surface area contributed by atoms with E-state index in [-0.39, 0.29) is 10.7 Å². The molecule has 0 saturated carbocycles. The first kappa shape index (κ1) is 14.3. The second-order valence-electron chi connectivity index (χ2n) is 4.95. The number of rotatable bonds is 3. The van der Waals surface area contributed by atoms with Gasteiger partial charge in [0.15, 0.2) is 10.7 Å². The summed E-state index contributed by atoms with van der Waals surface area (Å²) in [5, 5.41) is 0.579. The number of nitrogen functional groups attached to an aromatic ring is 1. The average Bonchev–Trinajstić information content (AvgIpc) is 3.03. The molecule has 114 valence electrons. The van der Waals surface area contributed by atoms with Crippen LogP contribution in [0.2, 0.25) is 0 Å². The summed E-state index contributed by atoms with van der Waals surface area (Å²) in [6.45, 7) is 2.00. The van der Waals surface area contributed by atoms with E-state index < -0.39 is 10.0 Å². The van der Waals surface area contributed by atoms with Crippen molar-refractivity contribution in [1.29, 1.82) is 0 Å². The van der Waals surface area contributed by atoms with Crippen LogP contribution in [0.25, 0.3) is 0 Å². The van der Waals surface area contributed by atoms with Gasteiger partial charge in [0, 0.05) is 39.6 Å². The van der Waals surface area contributed by atoms with Crippen molar-refractivity contribution >= 4 is 32.4 Å². The zero-order valence-electron chi connectivity index (χ0n) is 11.7. The van der Waals surface area contributed by atoms with Crippen LogP contribution in [-0.4, -0.2) is 47.3 Å². The quantitative estimate of drug-likeness (QED) is 0.864. The summed E-state index contributed by atoms with van der Waals surface area (Å²) >= 11 is 1.11. The molecular weight excluding hydrogens is 312 g/mol. The fourth-order valence-electron chi connectivity index (χ4n) is 2.26. The predicted molar refractivity (Wildman–Crippen MR) is 80.7 cm³/mol. The Kier molecular flexibility index (Phi) is 3.38. The van der Waals surface area contributed by atoms with Gasteiger partial charge in [0.25, 0.3) is 0 Å². The fourth-order valence-corrected chi connectivity index (χ4v) is 4.50. The summed E-state index contributed by atoms with van der Waals surface area (Å²) < 4.78 is 32.1. The van der Waals surface area contributed by atoms with Gasteiger partial charge in [-0.25, -0.2) is 17.7 Å². The monoisotopic (exact) mass is 328 g/mol. The van der Waals surface area contributed by atoms with E-state index in [2.05, 4.69) is 13.9 Å². The molecule has 2 aromatic heterocycles. The lowest BCUT2D eigenvalue weighted by Gasteiger charge is -2.29. The third kappa shape index (κ3) is 2.28. The first-order valence-electron chi connectivity index (χ1n) is 6.34. The predicted octanol–water partition coefficient (Wildman–Crippen LogP) is 0.192. The van der Waals surface area contributed by atoms with Crippen molar-refractivity contribution in [1.82, 2.24) is 18.2 Å². The van der Waals surface area contributed by atoms with E-state index in [1.807, 2.05) is 11.1 Å². The lowest BCUT2D eigenvalue weighted by molar-refractivity contribution is 0.519. The maximum Gasteiger partial charge on any atom is 0.249 e. The average molecular weight is 328 g/mol. The zero-order chi connectivity index (χ0) is 15.2. The van der Waals surface area contributed by atoms with Crippen LogP contribution >= 0.6 is 11.5 Å². The summed E-state index contributed by atoms with van der Waals surface area (Å²) in [5.74, 6) is 0.957. The highest BCUT2D eigenvalue weighted by Crippen LogP contribution is 2.37. The van der Waals surface area contributed by atoms with E-state index in [1.165, 1.54) is 14.1 Å². The Morgan fingerprint density at radius 3 is 2.86 bits per heavy atom. The van der Waals surface area contributed by atoms with Gasteiger partial charge in [-0.1, -0.05) is 0 Å². The number of hydrogen-bond acceptors (Lipinski definition) is 7. The van der Waals surface area contributed by atoms with Crippen molar-refractivity contribution in [2.45, 2.75) is 18.0 Å². The van der Waals surface area contributed by atoms with Gasteiger partial charge in [-0.15, -0.1) is 0 Å². The van der Waals surface area contributed by atoms with Crippen LogP contribution in [-0.2, 0) is 23.1 Å². The molecule has 1 aliphatic heterocycles. The maximum atomic E-state index is 12.4. The number of fused-ring (bicyclic) bond motifs is 1. The van der Waals surface area contributed by atoms with Gasteiger partial charge >= 0.3 is 0 Å². The number of imidazole rings is 1. The molecule has 0 fully saturated rings. The third-order valence-electron chi connectivity index (χ3n) is 3.43. The molecule has 2 N–H and O–H groups in total. The zero-order valence-corrected chi connectivity index (χ0v) is 13.4. The highest BCUT2D eigenvalue weighted by molar-refractivity contribution is 7.89. The Hall–Kier alpha value is -1.65. The Labute approximate surface area is 127 Å². The van der Waals surface area contributed by atoms with Gasteiger partial charge in [0.1, 0.15) is 10.8 Å². The van der Waals surface area contributed by atoms with Gasteiger partial charge in [-0.2, -0.15) is 4.37 Å². The van der Waals surface area contributed by atoms with Crippen LogP contribution in [0.5, 0.6) is 0 Å². The fraction of sp³-hybridized carbons (Fsp3) is 0.455. The SMILES string of the molecule is CN(C)S(=O)(=O)c1c(N)nsc1N1CCn2ccnc2C1. The highest BCUT2D eigenvalue weighted by Gasteiger charge is 2.31. The minimum atomic E-state index is -3.62. The molecule has 1 aliphatic rings. The highest BCUT2D eigenvalue weighted by atomic mass is 32.2. The lowest BCUT2D eigenvalue weighted by Crippen LogP contribution is -2.34. The standard InChI is InChI=1S/C11H16N6O2S2/c1-15(2)21(18,19)9-10(12)14-20-11(9)17-6-5-16-4-3-13-8(16)7-17/h3-4H,5-7H2,1-2H3,(H2,12,14). The molecule has 0 aliphatic carbocycles. The van der Waals surface area contributed by atoms with Crippen LogP contribution in [0.15, 0.2) is 17.3 Å². The van der Waals surface area contributed by atoms with Crippen molar-refractivity contribution in [2.75, 3.05) is 31.3 Å². The van der Waals surface area contributed by atoms with Crippen molar-refractivity contribution in [3.63, 3.8) is 0 Å². The summed E-state index contributed by atoms with van der Waals surface area (Å²) in [6, 6.07) is 0. The van der Waals surface area contributed by atoms with Gasteiger partial charge < -0.3 is 15.2 Å². The van der Waals surface area contributed by atoms with E-state index in [4.69, 9.17) is 5.73 Å². The minimum Gasteiger partial charge on any atom is -0.382 e. The van der Waals surface area contributed by atoms with E-state index in [0.717, 1.165) is 28.2 Å². The molecule has 0 bridgehead atoms. The second kappa shape index (κ2) is 4.97. The number of nitrogens with zero attached hydrogens (tertiary/aromatic N) is 5. The molecule has 0 saturated heterocycles. The molecule has 0 unspecified atom stereocenters. The lowest BCUT2D eigenvalue weighted by atomic mass is 10.3. The van der Waals surface area contributed by atoms with Crippen LogP contribution in [0.3, 0.4) is 0 Å². The molecule has 0 atom stereocenters. The van der Waals surface area contributed by atoms with Crippen LogP contribution in [0.1, 0.15) is 5.82 Å². The molecule has 0 aromatic carbocycles.